The lowest BCUT2D eigenvalue weighted by Crippen LogP contribution is -2.31. The Morgan fingerprint density at radius 2 is 1.66 bits per heavy atom. The first-order valence-corrected chi connectivity index (χ1v) is 13.2. The molecule has 0 unspecified atom stereocenters. The number of hydrogen-bond donors (Lipinski definition) is 2. The van der Waals surface area contributed by atoms with E-state index in [1.807, 2.05) is 24.3 Å². The summed E-state index contributed by atoms with van der Waals surface area (Å²) in [6.45, 7) is 7.03. The van der Waals surface area contributed by atoms with Crippen LogP contribution < -0.4 is 14.8 Å². The predicted molar refractivity (Wildman–Crippen MR) is 147 cm³/mol. The van der Waals surface area contributed by atoms with Gasteiger partial charge in [0.15, 0.2) is 0 Å². The molecule has 1 aliphatic rings. The first-order chi connectivity index (χ1) is 18.2. The molecule has 4 rings (SSSR count). The van der Waals surface area contributed by atoms with Crippen LogP contribution in [0.15, 0.2) is 66.9 Å². The lowest BCUT2D eigenvalue weighted by atomic mass is 9.69. The number of anilines is 1. The Balaban J connectivity index is 1.26. The summed E-state index contributed by atoms with van der Waals surface area (Å²) < 4.78 is 12.1. The van der Waals surface area contributed by atoms with Crippen LogP contribution in [0.3, 0.4) is 0 Å². The first-order valence-electron chi connectivity index (χ1n) is 13.2. The smallest absolute Gasteiger partial charge is 0.337 e. The molecule has 200 valence electrons. The highest BCUT2D eigenvalue weighted by Gasteiger charge is 2.32. The van der Waals surface area contributed by atoms with E-state index in [0.717, 1.165) is 24.5 Å². The monoisotopic (exact) mass is 516 g/mol. The number of carbonyl (C=O) groups is 2. The van der Waals surface area contributed by atoms with E-state index >= 15 is 0 Å². The fourth-order valence-corrected chi connectivity index (χ4v) is 4.88. The SMILES string of the molecule is CCC(C)(C)C1CCC(Oc2ccc(Oc3ccc(CC(=O)Nc4ccccc4C(=O)O)cn3)cc2)CC1. The van der Waals surface area contributed by atoms with Crippen molar-refractivity contribution in [3.05, 3.63) is 78.0 Å². The van der Waals surface area contributed by atoms with Crippen molar-refractivity contribution in [3.8, 4) is 17.4 Å². The van der Waals surface area contributed by atoms with Gasteiger partial charge in [-0.05, 0) is 79.0 Å². The molecule has 7 heteroatoms. The molecule has 1 aromatic heterocycles. The highest BCUT2D eigenvalue weighted by atomic mass is 16.5. The number of pyridine rings is 1. The minimum atomic E-state index is -1.10. The van der Waals surface area contributed by atoms with Gasteiger partial charge in [0.2, 0.25) is 11.8 Å². The topological polar surface area (TPSA) is 97.8 Å². The van der Waals surface area contributed by atoms with Crippen molar-refractivity contribution in [2.24, 2.45) is 11.3 Å². The minimum Gasteiger partial charge on any atom is -0.490 e. The molecular weight excluding hydrogens is 480 g/mol. The zero-order chi connectivity index (χ0) is 27.1. The molecule has 38 heavy (non-hydrogen) atoms. The van der Waals surface area contributed by atoms with Crippen LogP contribution in [-0.4, -0.2) is 28.1 Å². The van der Waals surface area contributed by atoms with Crippen LogP contribution in [0.4, 0.5) is 5.69 Å². The van der Waals surface area contributed by atoms with E-state index in [1.54, 1.807) is 36.5 Å². The number of hydrogen-bond acceptors (Lipinski definition) is 5. The second-order valence-electron chi connectivity index (χ2n) is 10.6. The second kappa shape index (κ2) is 12.1. The first kappa shape index (κ1) is 27.2. The Bertz CT molecular complexity index is 1230. The summed E-state index contributed by atoms with van der Waals surface area (Å²) in [7, 11) is 0. The highest BCUT2D eigenvalue weighted by molar-refractivity contribution is 6.00. The van der Waals surface area contributed by atoms with E-state index in [1.165, 1.54) is 25.3 Å². The third kappa shape index (κ3) is 7.12. The predicted octanol–water partition coefficient (Wildman–Crippen LogP) is 7.13. The van der Waals surface area contributed by atoms with Crippen molar-refractivity contribution < 1.29 is 24.2 Å². The summed E-state index contributed by atoms with van der Waals surface area (Å²) in [6, 6.07) is 17.3. The normalized spacial score (nSPS) is 17.4. The molecule has 1 heterocycles. The molecule has 1 saturated carbocycles. The Kier molecular flexibility index (Phi) is 8.66. The van der Waals surface area contributed by atoms with E-state index in [0.29, 0.717) is 22.6 Å². The number of rotatable bonds is 10. The van der Waals surface area contributed by atoms with Crippen molar-refractivity contribution in [2.45, 2.75) is 65.4 Å². The summed E-state index contributed by atoms with van der Waals surface area (Å²) >= 11 is 0. The van der Waals surface area contributed by atoms with E-state index in [9.17, 15) is 14.7 Å². The maximum atomic E-state index is 12.4. The van der Waals surface area contributed by atoms with Crippen LogP contribution in [0.2, 0.25) is 0 Å². The molecule has 0 bridgehead atoms. The highest BCUT2D eigenvalue weighted by Crippen LogP contribution is 2.41. The van der Waals surface area contributed by atoms with Crippen molar-refractivity contribution in [1.82, 2.24) is 4.98 Å². The number of nitrogens with one attached hydrogen (secondary N) is 1. The molecule has 0 aliphatic heterocycles. The van der Waals surface area contributed by atoms with E-state index in [2.05, 4.69) is 31.1 Å². The molecule has 7 nitrogen and oxygen atoms in total. The maximum absolute atomic E-state index is 12.4. The third-order valence-electron chi connectivity index (χ3n) is 7.63. The Morgan fingerprint density at radius 1 is 0.974 bits per heavy atom. The molecule has 1 fully saturated rings. The van der Waals surface area contributed by atoms with Gasteiger partial charge in [0.05, 0.1) is 23.8 Å². The number of carboxylic acids is 1. The quantitative estimate of drug-likeness (QED) is 0.298. The van der Waals surface area contributed by atoms with E-state index < -0.39 is 5.97 Å². The maximum Gasteiger partial charge on any atom is 0.337 e. The van der Waals surface area contributed by atoms with Crippen molar-refractivity contribution in [3.63, 3.8) is 0 Å². The van der Waals surface area contributed by atoms with Crippen LogP contribution in [0, 0.1) is 11.3 Å². The van der Waals surface area contributed by atoms with Gasteiger partial charge >= 0.3 is 5.97 Å². The molecule has 2 N–H and O–H groups in total. The summed E-state index contributed by atoms with van der Waals surface area (Å²) in [5, 5.41) is 11.9. The molecule has 2 aromatic carbocycles. The van der Waals surface area contributed by atoms with Gasteiger partial charge in [-0.3, -0.25) is 4.79 Å². The number of aromatic carboxylic acids is 1. The van der Waals surface area contributed by atoms with Crippen LogP contribution in [-0.2, 0) is 11.2 Å². The molecule has 0 spiro atoms. The van der Waals surface area contributed by atoms with E-state index in [-0.39, 0.29) is 29.7 Å². The second-order valence-corrected chi connectivity index (χ2v) is 10.6. The fourth-order valence-electron chi connectivity index (χ4n) is 4.88. The number of nitrogens with zero attached hydrogens (tertiary/aromatic N) is 1. The molecule has 0 radical (unpaired) electrons. The Labute approximate surface area is 224 Å². The standard InChI is InChI=1S/C31H36N2O5/c1-4-31(2,3)22-10-12-23(13-11-22)37-24-14-16-25(17-15-24)38-29-18-9-21(20-32-29)19-28(34)33-27-8-6-5-7-26(27)30(35)36/h5-9,14-18,20,22-23H,4,10-13,19H2,1-3H3,(H,33,34)(H,35,36). The minimum absolute atomic E-state index is 0.0440. The van der Waals surface area contributed by atoms with Gasteiger partial charge in [0, 0.05) is 12.3 Å². The largest absolute Gasteiger partial charge is 0.490 e. The van der Waals surface area contributed by atoms with Crippen LogP contribution in [0.1, 0.15) is 68.8 Å². The third-order valence-corrected chi connectivity index (χ3v) is 7.63. The molecule has 1 aliphatic carbocycles. The van der Waals surface area contributed by atoms with Gasteiger partial charge in [-0.2, -0.15) is 0 Å². The number of para-hydroxylation sites is 1. The zero-order valence-corrected chi connectivity index (χ0v) is 22.3. The van der Waals surface area contributed by atoms with Gasteiger partial charge in [-0.25, -0.2) is 9.78 Å². The van der Waals surface area contributed by atoms with Gasteiger partial charge in [-0.1, -0.05) is 45.4 Å². The molecule has 1 amide bonds. The average Bonchev–Trinajstić information content (AvgIpc) is 2.91. The average molecular weight is 517 g/mol. The number of amides is 1. The fraction of sp³-hybridized carbons (Fsp3) is 0.387. The van der Waals surface area contributed by atoms with Crippen LogP contribution >= 0.6 is 0 Å². The van der Waals surface area contributed by atoms with Crippen molar-refractivity contribution in [2.75, 3.05) is 5.32 Å². The van der Waals surface area contributed by atoms with E-state index in [4.69, 9.17) is 9.47 Å². The van der Waals surface area contributed by atoms with Gasteiger partial charge in [0.1, 0.15) is 11.5 Å². The number of aromatic nitrogens is 1. The number of ether oxygens (including phenoxy) is 2. The Morgan fingerprint density at radius 3 is 2.29 bits per heavy atom. The van der Waals surface area contributed by atoms with Crippen molar-refractivity contribution >= 4 is 17.6 Å². The zero-order valence-electron chi connectivity index (χ0n) is 22.3. The summed E-state index contributed by atoms with van der Waals surface area (Å²) in [5.41, 5.74) is 1.39. The Hall–Kier alpha value is -3.87. The molecule has 3 aromatic rings. The van der Waals surface area contributed by atoms with Gasteiger partial charge in [-0.15, -0.1) is 0 Å². The number of carboxylic acid groups (broad SMARTS) is 1. The summed E-state index contributed by atoms with van der Waals surface area (Å²) in [4.78, 5) is 28.0. The lowest BCUT2D eigenvalue weighted by molar-refractivity contribution is -0.115. The number of carbonyl (C=O) groups excluding carboxylic acids is 1. The molecule has 0 saturated heterocycles. The number of benzene rings is 2. The van der Waals surface area contributed by atoms with Crippen LogP contribution in [0.25, 0.3) is 0 Å². The summed E-state index contributed by atoms with van der Waals surface area (Å²) in [5.74, 6) is 1.25. The van der Waals surface area contributed by atoms with Crippen LogP contribution in [0.5, 0.6) is 17.4 Å². The molecule has 0 atom stereocenters. The van der Waals surface area contributed by atoms with Gasteiger partial charge < -0.3 is 19.9 Å². The summed E-state index contributed by atoms with van der Waals surface area (Å²) in [6.07, 6.45) is 7.71. The van der Waals surface area contributed by atoms with Gasteiger partial charge in [0.25, 0.3) is 0 Å². The lowest BCUT2D eigenvalue weighted by Gasteiger charge is -2.38. The molecular formula is C31H36N2O5. The van der Waals surface area contributed by atoms with Crippen molar-refractivity contribution in [1.29, 1.82) is 0 Å².